The Bertz CT molecular complexity index is 2560. The Labute approximate surface area is 240 Å². The predicted molar refractivity (Wildman–Crippen MR) is 177 cm³/mol. The number of hydrogen-bond donors (Lipinski definition) is 0. The normalized spacial score (nSPS) is 12.8. The van der Waals surface area contributed by atoms with E-state index in [9.17, 15) is 0 Å². The van der Waals surface area contributed by atoms with Gasteiger partial charge in [-0.15, -0.1) is 11.3 Å². The first kappa shape index (κ1) is 21.8. The Balaban J connectivity index is 1.43. The van der Waals surface area contributed by atoms with Crippen LogP contribution in [-0.2, 0) is 6.42 Å². The molecule has 0 bridgehead atoms. The maximum Gasteiger partial charge on any atom is 0.0622 e. The Kier molecular flexibility index (Phi) is 4.18. The van der Waals surface area contributed by atoms with Crippen molar-refractivity contribution >= 4 is 74.9 Å². The molecule has 1 nitrogen and oxygen atoms in total. The van der Waals surface area contributed by atoms with Crippen molar-refractivity contribution in [3.05, 3.63) is 139 Å². The van der Waals surface area contributed by atoms with Gasteiger partial charge in [0.25, 0.3) is 0 Å². The van der Waals surface area contributed by atoms with Crippen LogP contribution in [0, 0.1) is 0 Å². The van der Waals surface area contributed by atoms with Crippen LogP contribution >= 0.6 is 11.3 Å². The van der Waals surface area contributed by atoms with Crippen molar-refractivity contribution in [2.75, 3.05) is 0 Å². The second-order valence-corrected chi connectivity index (χ2v) is 12.4. The zero-order chi connectivity index (χ0) is 26.7. The van der Waals surface area contributed by atoms with Gasteiger partial charge in [0.05, 0.1) is 11.0 Å². The molecule has 2 heterocycles. The van der Waals surface area contributed by atoms with Crippen LogP contribution in [0.2, 0.25) is 0 Å². The molecule has 0 fully saturated rings. The molecule has 0 spiro atoms. The summed E-state index contributed by atoms with van der Waals surface area (Å²) in [5, 5.41) is 10.6. The largest absolute Gasteiger partial charge is 0.309 e. The minimum Gasteiger partial charge on any atom is -0.309 e. The van der Waals surface area contributed by atoms with Crippen molar-refractivity contribution in [2.45, 2.75) is 6.42 Å². The number of benzene rings is 7. The van der Waals surface area contributed by atoms with Crippen molar-refractivity contribution in [2.24, 2.45) is 0 Å². The van der Waals surface area contributed by atoms with Crippen LogP contribution in [0.15, 0.2) is 127 Å². The van der Waals surface area contributed by atoms with E-state index in [1.54, 1.807) is 0 Å². The lowest BCUT2D eigenvalue weighted by Gasteiger charge is -2.14. The average Bonchev–Trinajstić information content (AvgIpc) is 3.69. The summed E-state index contributed by atoms with van der Waals surface area (Å²) in [6.45, 7) is 0. The highest BCUT2D eigenvalue weighted by atomic mass is 32.1. The van der Waals surface area contributed by atoms with Gasteiger partial charge in [0.1, 0.15) is 0 Å². The molecular weight excluding hydrogens is 515 g/mol. The molecule has 0 atom stereocenters. The summed E-state index contributed by atoms with van der Waals surface area (Å²) in [4.78, 5) is 0. The fourth-order valence-corrected chi connectivity index (χ4v) is 8.58. The molecule has 0 unspecified atom stereocenters. The Morgan fingerprint density at radius 1 is 0.537 bits per heavy atom. The summed E-state index contributed by atoms with van der Waals surface area (Å²) >= 11 is 1.89. The molecule has 2 aromatic heterocycles. The highest BCUT2D eigenvalue weighted by Gasteiger charge is 2.28. The number of hydrogen-bond acceptors (Lipinski definition) is 1. The third-order valence-corrected chi connectivity index (χ3v) is 10.3. The molecule has 9 aromatic rings. The SMILES string of the molecule is c1ccc2c(c1)Cc1c-2c2ccccc2c2c1c1cc3ccccc3cc1n2-c1ccc2c(c1)sc1ccccc12. The van der Waals surface area contributed by atoms with Gasteiger partial charge in [-0.1, -0.05) is 97.1 Å². The number of fused-ring (bicyclic) bond motifs is 14. The van der Waals surface area contributed by atoms with E-state index in [0.717, 1.165) is 6.42 Å². The monoisotopic (exact) mass is 537 g/mol. The van der Waals surface area contributed by atoms with E-state index in [0.29, 0.717) is 0 Å². The van der Waals surface area contributed by atoms with E-state index in [2.05, 4.69) is 132 Å². The fourth-order valence-electron chi connectivity index (χ4n) is 7.44. The first-order valence-corrected chi connectivity index (χ1v) is 15.1. The van der Waals surface area contributed by atoms with E-state index in [1.165, 1.54) is 91.5 Å². The van der Waals surface area contributed by atoms with Crippen molar-refractivity contribution in [1.29, 1.82) is 0 Å². The first-order valence-electron chi connectivity index (χ1n) is 14.2. The molecule has 0 saturated carbocycles. The fraction of sp³-hybridized carbons (Fsp3) is 0.0256. The van der Waals surface area contributed by atoms with E-state index in [1.807, 2.05) is 11.3 Å². The molecule has 1 aliphatic carbocycles. The van der Waals surface area contributed by atoms with Crippen LogP contribution in [0.4, 0.5) is 0 Å². The summed E-state index contributed by atoms with van der Waals surface area (Å²) in [5.41, 5.74) is 9.49. The van der Waals surface area contributed by atoms with Crippen molar-refractivity contribution < 1.29 is 0 Å². The number of rotatable bonds is 1. The van der Waals surface area contributed by atoms with E-state index in [4.69, 9.17) is 0 Å². The molecule has 2 heteroatoms. The maximum absolute atomic E-state index is 2.55. The van der Waals surface area contributed by atoms with E-state index >= 15 is 0 Å². The molecule has 7 aromatic carbocycles. The second-order valence-electron chi connectivity index (χ2n) is 11.3. The quantitative estimate of drug-likeness (QED) is 0.196. The zero-order valence-corrected chi connectivity index (χ0v) is 23.0. The minimum atomic E-state index is 0.966. The van der Waals surface area contributed by atoms with Crippen molar-refractivity contribution in [1.82, 2.24) is 4.57 Å². The molecule has 0 aliphatic heterocycles. The molecule has 1 aliphatic rings. The Morgan fingerprint density at radius 2 is 1.24 bits per heavy atom. The van der Waals surface area contributed by atoms with Crippen LogP contribution in [0.25, 0.3) is 80.3 Å². The molecular formula is C39H23NS. The van der Waals surface area contributed by atoms with Crippen LogP contribution in [0.1, 0.15) is 11.1 Å². The lowest BCUT2D eigenvalue weighted by Crippen LogP contribution is -1.95. The third-order valence-electron chi connectivity index (χ3n) is 9.16. The van der Waals surface area contributed by atoms with Crippen LogP contribution in [0.5, 0.6) is 0 Å². The maximum atomic E-state index is 2.55. The van der Waals surface area contributed by atoms with Gasteiger partial charge in [-0.25, -0.2) is 0 Å². The Morgan fingerprint density at radius 3 is 2.15 bits per heavy atom. The third kappa shape index (κ3) is 2.85. The summed E-state index contributed by atoms with van der Waals surface area (Å²) in [6, 6.07) is 47.5. The lowest BCUT2D eigenvalue weighted by molar-refractivity contribution is 1.19. The summed E-state index contributed by atoms with van der Waals surface area (Å²) < 4.78 is 5.22. The van der Waals surface area contributed by atoms with Gasteiger partial charge in [-0.05, 0) is 75.2 Å². The topological polar surface area (TPSA) is 4.93 Å². The highest BCUT2D eigenvalue weighted by molar-refractivity contribution is 7.25. The van der Waals surface area contributed by atoms with Gasteiger partial charge in [0.2, 0.25) is 0 Å². The van der Waals surface area contributed by atoms with Gasteiger partial charge in [-0.2, -0.15) is 0 Å². The second kappa shape index (κ2) is 7.84. The van der Waals surface area contributed by atoms with Crippen LogP contribution in [0.3, 0.4) is 0 Å². The van der Waals surface area contributed by atoms with Gasteiger partial charge in [-0.3, -0.25) is 0 Å². The smallest absolute Gasteiger partial charge is 0.0622 e. The molecule has 0 saturated heterocycles. The molecule has 41 heavy (non-hydrogen) atoms. The Hall–Kier alpha value is -4.92. The van der Waals surface area contributed by atoms with E-state index in [-0.39, 0.29) is 0 Å². The number of aromatic nitrogens is 1. The molecule has 10 rings (SSSR count). The van der Waals surface area contributed by atoms with Crippen LogP contribution in [-0.4, -0.2) is 4.57 Å². The summed E-state index contributed by atoms with van der Waals surface area (Å²) in [5.74, 6) is 0. The lowest BCUT2D eigenvalue weighted by atomic mass is 9.93. The van der Waals surface area contributed by atoms with Crippen molar-refractivity contribution in [3.8, 4) is 16.8 Å². The van der Waals surface area contributed by atoms with Crippen LogP contribution < -0.4 is 0 Å². The first-order chi connectivity index (χ1) is 20.3. The average molecular weight is 538 g/mol. The molecule has 190 valence electrons. The van der Waals surface area contributed by atoms with E-state index < -0.39 is 0 Å². The van der Waals surface area contributed by atoms with Gasteiger partial charge >= 0.3 is 0 Å². The van der Waals surface area contributed by atoms with Gasteiger partial charge < -0.3 is 4.57 Å². The molecule has 0 radical (unpaired) electrons. The summed E-state index contributed by atoms with van der Waals surface area (Å²) in [6.07, 6.45) is 0.966. The zero-order valence-electron chi connectivity index (χ0n) is 22.2. The van der Waals surface area contributed by atoms with Gasteiger partial charge in [0.15, 0.2) is 0 Å². The highest BCUT2D eigenvalue weighted by Crippen LogP contribution is 2.50. The number of nitrogens with zero attached hydrogens (tertiary/aromatic N) is 1. The molecule has 0 amide bonds. The predicted octanol–water partition coefficient (Wildman–Crippen LogP) is 11.0. The number of thiophene rings is 1. The molecule has 0 N–H and O–H groups in total. The minimum absolute atomic E-state index is 0.966. The van der Waals surface area contributed by atoms with Crippen molar-refractivity contribution in [3.63, 3.8) is 0 Å². The van der Waals surface area contributed by atoms with Gasteiger partial charge in [0, 0.05) is 42.0 Å². The standard InChI is InChI=1S/C39H23NS/c1-2-10-24-21-34-32(19-23(24)9-1)38-33-20-25-11-3-4-12-27(25)37(33)30-14-5-6-15-31(30)39(38)40(34)26-17-18-29-28-13-7-8-16-35(28)41-36(29)22-26/h1-19,21-22H,20H2. The summed E-state index contributed by atoms with van der Waals surface area (Å²) in [7, 11) is 0.